The van der Waals surface area contributed by atoms with Crippen LogP contribution in [0.1, 0.15) is 31.0 Å². The van der Waals surface area contributed by atoms with Gasteiger partial charge in [0.05, 0.1) is 5.54 Å². The topological polar surface area (TPSA) is 64.9 Å². The van der Waals surface area contributed by atoms with E-state index in [2.05, 4.69) is 14.7 Å². The zero-order chi connectivity index (χ0) is 8.77. The first-order valence-corrected chi connectivity index (χ1v) is 3.53. The molecule has 1 saturated carbocycles. The Balaban J connectivity index is 2.25. The summed E-state index contributed by atoms with van der Waals surface area (Å²) in [4.78, 5) is 3.49. The molecule has 0 atom stereocenters. The van der Waals surface area contributed by atoms with Crippen LogP contribution in [0.2, 0.25) is 0 Å². The van der Waals surface area contributed by atoms with Gasteiger partial charge < -0.3 is 10.3 Å². The van der Waals surface area contributed by atoms with Crippen LogP contribution in [0.5, 0.6) is 0 Å². The van der Waals surface area contributed by atoms with Crippen LogP contribution in [0.4, 0.5) is 8.78 Å². The summed E-state index contributed by atoms with van der Waals surface area (Å²) in [6.45, 7) is 0. The summed E-state index contributed by atoms with van der Waals surface area (Å²) in [6.07, 6.45) is -1.25. The Hall–Kier alpha value is -1.04. The van der Waals surface area contributed by atoms with Crippen molar-refractivity contribution in [3.8, 4) is 0 Å². The van der Waals surface area contributed by atoms with E-state index in [0.717, 1.165) is 12.8 Å². The van der Waals surface area contributed by atoms with Crippen molar-refractivity contribution in [3.05, 3.63) is 11.7 Å². The lowest BCUT2D eigenvalue weighted by Crippen LogP contribution is -2.19. The van der Waals surface area contributed by atoms with Crippen LogP contribution in [0.25, 0.3) is 0 Å². The lowest BCUT2D eigenvalue weighted by atomic mass is 10.3. The Morgan fingerprint density at radius 3 is 2.58 bits per heavy atom. The van der Waals surface area contributed by atoms with Gasteiger partial charge in [-0.3, -0.25) is 0 Å². The van der Waals surface area contributed by atoms with Gasteiger partial charge in [0.2, 0.25) is 11.7 Å². The Morgan fingerprint density at radius 1 is 1.50 bits per heavy atom. The fraction of sp³-hybridized carbons (Fsp3) is 0.667. The standard InChI is InChI=1S/C6H7F2N3O/c7-3(8)4-10-5(12-11-4)6(9)1-2-6/h3H,1-2,9H2. The molecule has 1 aromatic rings. The number of alkyl halides is 2. The van der Waals surface area contributed by atoms with E-state index < -0.39 is 17.8 Å². The fourth-order valence-corrected chi connectivity index (χ4v) is 0.874. The molecule has 0 aliphatic heterocycles. The third-order valence-electron chi connectivity index (χ3n) is 1.85. The van der Waals surface area contributed by atoms with Crippen molar-refractivity contribution >= 4 is 0 Å². The van der Waals surface area contributed by atoms with Gasteiger partial charge in [-0.25, -0.2) is 8.78 Å². The number of nitrogens with zero attached hydrogens (tertiary/aromatic N) is 2. The van der Waals surface area contributed by atoms with Crippen LogP contribution in [0.3, 0.4) is 0 Å². The number of nitrogens with two attached hydrogens (primary N) is 1. The Bertz CT molecular complexity index is 295. The molecule has 0 aromatic carbocycles. The lowest BCUT2D eigenvalue weighted by Gasteiger charge is -1.97. The molecule has 2 rings (SSSR count). The second-order valence-electron chi connectivity index (χ2n) is 2.91. The SMILES string of the molecule is NC1(c2nc(C(F)F)no2)CC1. The zero-order valence-corrected chi connectivity index (χ0v) is 6.13. The molecule has 12 heavy (non-hydrogen) atoms. The number of hydrogen-bond acceptors (Lipinski definition) is 4. The fourth-order valence-electron chi connectivity index (χ4n) is 0.874. The van der Waals surface area contributed by atoms with E-state index in [9.17, 15) is 8.78 Å². The largest absolute Gasteiger partial charge is 0.337 e. The van der Waals surface area contributed by atoms with Gasteiger partial charge >= 0.3 is 6.43 Å². The maximum absolute atomic E-state index is 12.0. The van der Waals surface area contributed by atoms with E-state index in [1.54, 1.807) is 0 Å². The van der Waals surface area contributed by atoms with E-state index in [1.807, 2.05) is 0 Å². The molecule has 1 aliphatic rings. The molecule has 1 heterocycles. The highest BCUT2D eigenvalue weighted by Gasteiger charge is 2.46. The maximum atomic E-state index is 12.0. The first kappa shape index (κ1) is 7.60. The lowest BCUT2D eigenvalue weighted by molar-refractivity contribution is 0.136. The molecule has 6 heteroatoms. The Kier molecular flexibility index (Phi) is 1.41. The smallest absolute Gasteiger partial charge is 0.300 e. The van der Waals surface area contributed by atoms with E-state index in [0.29, 0.717) is 0 Å². The normalized spacial score (nSPS) is 20.0. The highest BCUT2D eigenvalue weighted by atomic mass is 19.3. The van der Waals surface area contributed by atoms with E-state index in [-0.39, 0.29) is 5.89 Å². The maximum Gasteiger partial charge on any atom is 0.300 e. The average molecular weight is 175 g/mol. The summed E-state index contributed by atoms with van der Waals surface area (Å²) in [5.74, 6) is -0.459. The highest BCUT2D eigenvalue weighted by molar-refractivity contribution is 5.11. The number of halogens is 2. The minimum absolute atomic E-state index is 0.123. The molecule has 0 unspecified atom stereocenters. The highest BCUT2D eigenvalue weighted by Crippen LogP contribution is 2.41. The molecule has 0 radical (unpaired) electrons. The van der Waals surface area contributed by atoms with Crippen molar-refractivity contribution < 1.29 is 13.3 Å². The predicted octanol–water partition coefficient (Wildman–Crippen LogP) is 0.955. The minimum atomic E-state index is -2.69. The van der Waals surface area contributed by atoms with Gasteiger partial charge in [0.15, 0.2) is 0 Å². The third-order valence-corrected chi connectivity index (χ3v) is 1.85. The Morgan fingerprint density at radius 2 is 2.17 bits per heavy atom. The third kappa shape index (κ3) is 1.08. The average Bonchev–Trinajstić information content (AvgIpc) is 2.61. The second kappa shape index (κ2) is 2.22. The molecule has 1 aliphatic carbocycles. The monoisotopic (exact) mass is 175 g/mol. The molecule has 0 amide bonds. The number of hydrogen-bond donors (Lipinski definition) is 1. The summed E-state index contributed by atoms with van der Waals surface area (Å²) in [7, 11) is 0. The van der Waals surface area contributed by atoms with Gasteiger partial charge in [-0.1, -0.05) is 5.16 Å². The van der Waals surface area contributed by atoms with Crippen molar-refractivity contribution in [3.63, 3.8) is 0 Å². The van der Waals surface area contributed by atoms with Crippen molar-refractivity contribution in [1.29, 1.82) is 0 Å². The molecular formula is C6H7F2N3O. The van der Waals surface area contributed by atoms with E-state index in [1.165, 1.54) is 0 Å². The molecule has 2 N–H and O–H groups in total. The van der Waals surface area contributed by atoms with Gasteiger partial charge in [0.1, 0.15) is 0 Å². The second-order valence-corrected chi connectivity index (χ2v) is 2.91. The van der Waals surface area contributed by atoms with Gasteiger partial charge in [0, 0.05) is 0 Å². The van der Waals surface area contributed by atoms with Crippen molar-refractivity contribution in [2.75, 3.05) is 0 Å². The summed E-state index contributed by atoms with van der Waals surface area (Å²) in [5.41, 5.74) is 5.02. The summed E-state index contributed by atoms with van der Waals surface area (Å²) in [6, 6.07) is 0. The van der Waals surface area contributed by atoms with Gasteiger partial charge in [0.25, 0.3) is 0 Å². The van der Waals surface area contributed by atoms with E-state index >= 15 is 0 Å². The molecule has 66 valence electrons. The van der Waals surface area contributed by atoms with Crippen LogP contribution in [-0.2, 0) is 5.54 Å². The summed E-state index contributed by atoms with van der Waals surface area (Å²) in [5, 5.41) is 3.11. The van der Waals surface area contributed by atoms with Crippen LogP contribution in [-0.4, -0.2) is 10.1 Å². The summed E-state index contributed by atoms with van der Waals surface area (Å²) >= 11 is 0. The zero-order valence-electron chi connectivity index (χ0n) is 6.13. The molecule has 1 fully saturated rings. The predicted molar refractivity (Wildman–Crippen MR) is 34.4 cm³/mol. The molecule has 0 bridgehead atoms. The van der Waals surface area contributed by atoms with Crippen molar-refractivity contribution in [2.24, 2.45) is 5.73 Å². The van der Waals surface area contributed by atoms with Gasteiger partial charge in [-0.15, -0.1) is 0 Å². The molecule has 0 saturated heterocycles. The quantitative estimate of drug-likeness (QED) is 0.726. The van der Waals surface area contributed by atoms with Crippen molar-refractivity contribution in [1.82, 2.24) is 10.1 Å². The first-order chi connectivity index (χ1) is 5.62. The minimum Gasteiger partial charge on any atom is -0.337 e. The first-order valence-electron chi connectivity index (χ1n) is 3.53. The van der Waals surface area contributed by atoms with E-state index in [4.69, 9.17) is 5.73 Å². The van der Waals surface area contributed by atoms with Gasteiger partial charge in [-0.2, -0.15) is 4.98 Å². The van der Waals surface area contributed by atoms with Gasteiger partial charge in [-0.05, 0) is 12.8 Å². The van der Waals surface area contributed by atoms with Crippen LogP contribution >= 0.6 is 0 Å². The number of rotatable bonds is 2. The molecular weight excluding hydrogens is 168 g/mol. The number of aromatic nitrogens is 2. The molecule has 1 aromatic heterocycles. The molecule has 4 nitrogen and oxygen atoms in total. The Labute approximate surface area is 66.7 Å². The van der Waals surface area contributed by atoms with Crippen LogP contribution in [0, 0.1) is 0 Å². The van der Waals surface area contributed by atoms with Crippen LogP contribution in [0.15, 0.2) is 4.52 Å². The summed E-state index contributed by atoms with van der Waals surface area (Å²) < 4.78 is 28.5. The van der Waals surface area contributed by atoms with Crippen molar-refractivity contribution in [2.45, 2.75) is 24.8 Å². The molecule has 0 spiro atoms. The van der Waals surface area contributed by atoms with Crippen LogP contribution < -0.4 is 5.73 Å².